The van der Waals surface area contributed by atoms with Gasteiger partial charge >= 0.3 is 0 Å². The molecule has 1 aromatic heterocycles. The van der Waals surface area contributed by atoms with Crippen LogP contribution < -0.4 is 4.90 Å². The maximum atomic E-state index is 12.4. The molecule has 0 aliphatic heterocycles. The lowest BCUT2D eigenvalue weighted by Crippen LogP contribution is -2.27. The first-order valence-corrected chi connectivity index (χ1v) is 6.30. The molecule has 0 saturated heterocycles. The van der Waals surface area contributed by atoms with Crippen molar-refractivity contribution in [3.8, 4) is 6.07 Å². The number of rotatable bonds is 2. The second-order valence-corrected chi connectivity index (χ2v) is 4.79. The summed E-state index contributed by atoms with van der Waals surface area (Å²) in [6.45, 7) is 0. The molecule has 0 saturated carbocycles. The molecule has 0 fully saturated rings. The molecule has 0 atom stereocenters. The van der Waals surface area contributed by atoms with E-state index in [1.807, 2.05) is 30.3 Å². The highest BCUT2D eigenvalue weighted by Gasteiger charge is 2.17. The van der Waals surface area contributed by atoms with Crippen LogP contribution >= 0.6 is 15.9 Å². The van der Waals surface area contributed by atoms with Crippen molar-refractivity contribution in [3.63, 3.8) is 0 Å². The number of aromatic nitrogens is 1. The number of halogens is 1. The fourth-order valence-electron chi connectivity index (χ4n) is 1.65. The zero-order valence-corrected chi connectivity index (χ0v) is 11.8. The minimum Gasteiger partial charge on any atom is -0.311 e. The normalized spacial score (nSPS) is 9.74. The van der Waals surface area contributed by atoms with Crippen LogP contribution in [0.15, 0.2) is 47.2 Å². The first-order valence-electron chi connectivity index (χ1n) is 5.51. The van der Waals surface area contributed by atoms with Crippen molar-refractivity contribution in [2.24, 2.45) is 0 Å². The number of amides is 1. The average Bonchev–Trinajstić information content (AvgIpc) is 2.45. The van der Waals surface area contributed by atoms with E-state index in [4.69, 9.17) is 5.26 Å². The second-order valence-electron chi connectivity index (χ2n) is 3.88. The predicted molar refractivity (Wildman–Crippen MR) is 75.8 cm³/mol. The minimum absolute atomic E-state index is 0.261. The van der Waals surface area contributed by atoms with Gasteiger partial charge in [-0.25, -0.2) is 0 Å². The summed E-state index contributed by atoms with van der Waals surface area (Å²) >= 11 is 3.36. The van der Waals surface area contributed by atoms with Crippen molar-refractivity contribution in [2.45, 2.75) is 0 Å². The van der Waals surface area contributed by atoms with Crippen LogP contribution in [0.1, 0.15) is 15.9 Å². The molecule has 0 unspecified atom stereocenters. The molecular formula is C14H10BrN3O. The van der Waals surface area contributed by atoms with Gasteiger partial charge in [-0.15, -0.1) is 0 Å². The van der Waals surface area contributed by atoms with Gasteiger partial charge in [0, 0.05) is 29.6 Å². The lowest BCUT2D eigenvalue weighted by molar-refractivity contribution is 0.0992. The summed E-state index contributed by atoms with van der Waals surface area (Å²) in [6, 6.07) is 10.9. The van der Waals surface area contributed by atoms with E-state index in [1.165, 1.54) is 23.4 Å². The van der Waals surface area contributed by atoms with Gasteiger partial charge in [0.25, 0.3) is 5.91 Å². The Morgan fingerprint density at radius 2 is 2.21 bits per heavy atom. The summed E-state index contributed by atoms with van der Waals surface area (Å²) in [5, 5.41) is 9.01. The van der Waals surface area contributed by atoms with Crippen LogP contribution in [0.3, 0.4) is 0 Å². The molecule has 5 heteroatoms. The highest BCUT2D eigenvalue weighted by molar-refractivity contribution is 9.10. The van der Waals surface area contributed by atoms with E-state index in [0.29, 0.717) is 11.1 Å². The fraction of sp³-hybridized carbons (Fsp3) is 0.0714. The number of carbonyl (C=O) groups is 1. The van der Waals surface area contributed by atoms with E-state index in [-0.39, 0.29) is 5.91 Å². The molecule has 19 heavy (non-hydrogen) atoms. The summed E-state index contributed by atoms with van der Waals surface area (Å²) < 4.78 is 0.886. The summed E-state index contributed by atoms with van der Waals surface area (Å²) in [7, 11) is 1.66. The van der Waals surface area contributed by atoms with E-state index in [0.717, 1.165) is 10.2 Å². The van der Waals surface area contributed by atoms with Crippen LogP contribution in [0.2, 0.25) is 0 Å². The molecule has 0 radical (unpaired) electrons. The number of nitriles is 1. The summed E-state index contributed by atoms with van der Waals surface area (Å²) in [4.78, 5) is 17.7. The summed E-state index contributed by atoms with van der Waals surface area (Å²) in [5.41, 5.74) is 1.36. The van der Waals surface area contributed by atoms with Gasteiger partial charge in [-0.05, 0) is 24.3 Å². The van der Waals surface area contributed by atoms with Crippen molar-refractivity contribution >= 4 is 27.5 Å². The maximum Gasteiger partial charge on any atom is 0.260 e. The lowest BCUT2D eigenvalue weighted by atomic mass is 10.1. The van der Waals surface area contributed by atoms with Gasteiger partial charge in [-0.1, -0.05) is 22.0 Å². The number of carbonyl (C=O) groups excluding carboxylic acids is 1. The molecule has 1 heterocycles. The van der Waals surface area contributed by atoms with Crippen LogP contribution in [0.25, 0.3) is 0 Å². The van der Waals surface area contributed by atoms with Gasteiger partial charge in [0.15, 0.2) is 0 Å². The highest BCUT2D eigenvalue weighted by Crippen LogP contribution is 2.21. The van der Waals surface area contributed by atoms with E-state index >= 15 is 0 Å². The first kappa shape index (κ1) is 13.2. The van der Waals surface area contributed by atoms with Gasteiger partial charge in [0.1, 0.15) is 6.07 Å². The number of nitrogens with zero attached hydrogens (tertiary/aromatic N) is 3. The topological polar surface area (TPSA) is 57.0 Å². The van der Waals surface area contributed by atoms with E-state index < -0.39 is 0 Å². The molecule has 2 rings (SSSR count). The van der Waals surface area contributed by atoms with Crippen molar-refractivity contribution in [1.29, 1.82) is 5.26 Å². The van der Waals surface area contributed by atoms with Crippen molar-refractivity contribution in [2.75, 3.05) is 11.9 Å². The highest BCUT2D eigenvalue weighted by atomic mass is 79.9. The van der Waals surface area contributed by atoms with E-state index in [9.17, 15) is 4.79 Å². The smallest absolute Gasteiger partial charge is 0.260 e. The Morgan fingerprint density at radius 1 is 1.42 bits per heavy atom. The first-order chi connectivity index (χ1) is 9.13. The molecule has 0 aliphatic rings. The summed E-state index contributed by atoms with van der Waals surface area (Å²) in [5.74, 6) is -0.261. The van der Waals surface area contributed by atoms with Crippen LogP contribution in [-0.4, -0.2) is 17.9 Å². The molecule has 1 amide bonds. The Kier molecular flexibility index (Phi) is 3.93. The number of hydrogen-bond acceptors (Lipinski definition) is 3. The molecule has 2 aromatic rings. The fourth-order valence-corrected chi connectivity index (χ4v) is 2.03. The third-order valence-electron chi connectivity index (χ3n) is 2.67. The molecular weight excluding hydrogens is 306 g/mol. The van der Waals surface area contributed by atoms with Crippen LogP contribution in [0.4, 0.5) is 5.69 Å². The molecule has 94 valence electrons. The van der Waals surface area contributed by atoms with E-state index in [2.05, 4.69) is 20.9 Å². The molecule has 4 nitrogen and oxygen atoms in total. The third kappa shape index (κ3) is 2.80. The van der Waals surface area contributed by atoms with Crippen LogP contribution in [0.5, 0.6) is 0 Å². The summed E-state index contributed by atoms with van der Waals surface area (Å²) in [6.07, 6.45) is 2.91. The zero-order valence-electron chi connectivity index (χ0n) is 10.2. The minimum atomic E-state index is -0.261. The molecule has 0 spiro atoms. The van der Waals surface area contributed by atoms with Crippen LogP contribution in [0, 0.1) is 11.3 Å². The van der Waals surface area contributed by atoms with Gasteiger partial charge in [0.2, 0.25) is 0 Å². The SMILES string of the molecule is CN(C(=O)c1cnccc1C#N)c1cccc(Br)c1. The van der Waals surface area contributed by atoms with Gasteiger partial charge in [-0.3, -0.25) is 9.78 Å². The maximum absolute atomic E-state index is 12.4. The van der Waals surface area contributed by atoms with Gasteiger partial charge < -0.3 is 4.90 Å². The van der Waals surface area contributed by atoms with E-state index in [1.54, 1.807) is 7.05 Å². The van der Waals surface area contributed by atoms with Crippen molar-refractivity contribution in [1.82, 2.24) is 4.98 Å². The van der Waals surface area contributed by atoms with Gasteiger partial charge in [-0.2, -0.15) is 5.26 Å². The van der Waals surface area contributed by atoms with Crippen molar-refractivity contribution in [3.05, 3.63) is 58.3 Å². The molecule has 0 aliphatic carbocycles. The quantitative estimate of drug-likeness (QED) is 0.856. The predicted octanol–water partition coefficient (Wildman–Crippen LogP) is 2.99. The van der Waals surface area contributed by atoms with Gasteiger partial charge in [0.05, 0.1) is 11.1 Å². The standard InChI is InChI=1S/C14H10BrN3O/c1-18(12-4-2-3-11(15)7-12)14(19)13-9-17-6-5-10(13)8-16/h2-7,9H,1H3. The second kappa shape index (κ2) is 5.63. The lowest BCUT2D eigenvalue weighted by Gasteiger charge is -2.18. The Morgan fingerprint density at radius 3 is 2.89 bits per heavy atom. The third-order valence-corrected chi connectivity index (χ3v) is 3.17. The largest absolute Gasteiger partial charge is 0.311 e. The monoisotopic (exact) mass is 315 g/mol. The average molecular weight is 316 g/mol. The molecule has 0 N–H and O–H groups in total. The Hall–Kier alpha value is -2.19. The Balaban J connectivity index is 2.37. The number of pyridine rings is 1. The zero-order chi connectivity index (χ0) is 13.8. The number of benzene rings is 1. The number of hydrogen-bond donors (Lipinski definition) is 0. The Bertz CT molecular complexity index is 664. The van der Waals surface area contributed by atoms with Crippen molar-refractivity contribution < 1.29 is 4.79 Å². The van der Waals surface area contributed by atoms with Crippen LogP contribution in [-0.2, 0) is 0 Å². The molecule has 1 aromatic carbocycles. The number of anilines is 1. The Labute approximate surface area is 119 Å². The molecule has 0 bridgehead atoms.